The van der Waals surface area contributed by atoms with Crippen LogP contribution >= 0.6 is 0 Å². The molecule has 1 N–H and O–H groups in total. The highest BCUT2D eigenvalue weighted by Gasteiger charge is 2.36. The summed E-state index contributed by atoms with van der Waals surface area (Å²) >= 11 is 0. The molecule has 0 spiro atoms. The van der Waals surface area contributed by atoms with Gasteiger partial charge in [0, 0.05) is 12.8 Å². The highest BCUT2D eigenvalue weighted by atomic mass is 16.9. The number of hydrogen-bond acceptors (Lipinski definition) is 6. The van der Waals surface area contributed by atoms with E-state index < -0.39 is 12.1 Å². The molecule has 1 heterocycles. The number of unbranched alkanes of at least 4 members (excludes halogenated alkanes) is 2. The Hall–Kier alpha value is -2.12. The first kappa shape index (κ1) is 23.2. The van der Waals surface area contributed by atoms with Crippen LogP contribution in [0.4, 0.5) is 4.79 Å². The number of rotatable bonds is 11. The van der Waals surface area contributed by atoms with Crippen LogP contribution in [0.5, 0.6) is 0 Å². The van der Waals surface area contributed by atoms with Crippen LogP contribution in [0.15, 0.2) is 29.4 Å². The van der Waals surface area contributed by atoms with Crippen LogP contribution in [-0.4, -0.2) is 42.8 Å². The molecule has 1 aliphatic heterocycles. The summed E-state index contributed by atoms with van der Waals surface area (Å²) in [6.07, 6.45) is 4.87. The standard InChI is InChI=1S/C22H33NO6/c1-4-5-8-18-10-12-20(13-11-18)17(2)23-28-14-7-6-9-19-15-26-22(3,27-16-19)29-21(24)25/h10-13,19H,4-9,14-16H2,1-3H3,(H,24,25). The Labute approximate surface area is 173 Å². The molecule has 1 aromatic rings. The molecule has 0 atom stereocenters. The Kier molecular flexibility index (Phi) is 9.41. The molecule has 162 valence electrons. The summed E-state index contributed by atoms with van der Waals surface area (Å²) in [5.41, 5.74) is 3.31. The number of benzene rings is 1. The van der Waals surface area contributed by atoms with Crippen molar-refractivity contribution in [2.45, 2.75) is 65.3 Å². The second kappa shape index (κ2) is 11.8. The zero-order chi connectivity index (χ0) is 21.1. The minimum absolute atomic E-state index is 0.219. The van der Waals surface area contributed by atoms with Gasteiger partial charge in [0.1, 0.15) is 6.61 Å². The van der Waals surface area contributed by atoms with Crippen LogP contribution in [-0.2, 0) is 25.5 Å². The quantitative estimate of drug-likeness (QED) is 0.241. The van der Waals surface area contributed by atoms with E-state index in [2.05, 4.69) is 41.1 Å². The SMILES string of the molecule is CCCCc1ccc(C(C)=NOCCCCC2COC(C)(OC(=O)O)OC2)cc1. The van der Waals surface area contributed by atoms with Crippen molar-refractivity contribution in [1.82, 2.24) is 0 Å². The lowest BCUT2D eigenvalue weighted by atomic mass is 10.0. The van der Waals surface area contributed by atoms with E-state index in [0.29, 0.717) is 19.8 Å². The molecule has 0 aliphatic carbocycles. The number of ether oxygens (including phenoxy) is 3. The van der Waals surface area contributed by atoms with Gasteiger partial charge in [-0.3, -0.25) is 0 Å². The van der Waals surface area contributed by atoms with Crippen molar-refractivity contribution in [2.75, 3.05) is 19.8 Å². The molecule has 1 aliphatic rings. The van der Waals surface area contributed by atoms with Crippen molar-refractivity contribution < 1.29 is 28.9 Å². The fraction of sp³-hybridized carbons (Fsp3) is 0.636. The van der Waals surface area contributed by atoms with Gasteiger partial charge in [-0.15, -0.1) is 0 Å². The summed E-state index contributed by atoms with van der Waals surface area (Å²) in [6, 6.07) is 8.51. The third kappa shape index (κ3) is 8.41. The number of nitrogens with zero attached hydrogens (tertiary/aromatic N) is 1. The summed E-state index contributed by atoms with van der Waals surface area (Å²) in [5, 5.41) is 12.9. The number of hydrogen-bond donors (Lipinski definition) is 1. The predicted molar refractivity (Wildman–Crippen MR) is 110 cm³/mol. The van der Waals surface area contributed by atoms with E-state index in [1.54, 1.807) is 0 Å². The van der Waals surface area contributed by atoms with E-state index in [4.69, 9.17) is 19.4 Å². The zero-order valence-electron chi connectivity index (χ0n) is 17.7. The number of aryl methyl sites for hydroxylation is 1. The van der Waals surface area contributed by atoms with E-state index in [0.717, 1.165) is 37.0 Å². The Bertz CT molecular complexity index is 650. The fourth-order valence-electron chi connectivity index (χ4n) is 3.10. The van der Waals surface area contributed by atoms with Crippen molar-refractivity contribution >= 4 is 11.9 Å². The van der Waals surface area contributed by atoms with Crippen molar-refractivity contribution in [1.29, 1.82) is 0 Å². The number of carboxylic acid groups (broad SMARTS) is 1. The van der Waals surface area contributed by atoms with Gasteiger partial charge >= 0.3 is 12.1 Å². The molecular weight excluding hydrogens is 374 g/mol. The molecule has 7 nitrogen and oxygen atoms in total. The lowest BCUT2D eigenvalue weighted by Gasteiger charge is -2.35. The smallest absolute Gasteiger partial charge is 0.450 e. The normalized spacial score (nSPS) is 22.3. The lowest BCUT2D eigenvalue weighted by Crippen LogP contribution is -2.45. The van der Waals surface area contributed by atoms with Crippen molar-refractivity contribution in [3.05, 3.63) is 35.4 Å². The van der Waals surface area contributed by atoms with Gasteiger partial charge in [0.2, 0.25) is 0 Å². The Morgan fingerprint density at radius 2 is 1.90 bits per heavy atom. The lowest BCUT2D eigenvalue weighted by molar-refractivity contribution is -0.379. The minimum Gasteiger partial charge on any atom is -0.450 e. The van der Waals surface area contributed by atoms with Gasteiger partial charge in [-0.25, -0.2) is 4.79 Å². The van der Waals surface area contributed by atoms with Crippen molar-refractivity contribution in [3.8, 4) is 0 Å². The topological polar surface area (TPSA) is 86.6 Å². The summed E-state index contributed by atoms with van der Waals surface area (Å²) in [5.74, 6) is -1.27. The monoisotopic (exact) mass is 407 g/mol. The van der Waals surface area contributed by atoms with Crippen molar-refractivity contribution in [3.63, 3.8) is 0 Å². The predicted octanol–water partition coefficient (Wildman–Crippen LogP) is 4.97. The summed E-state index contributed by atoms with van der Waals surface area (Å²) in [7, 11) is 0. The molecule has 1 saturated heterocycles. The highest BCUT2D eigenvalue weighted by Crippen LogP contribution is 2.25. The first-order valence-corrected chi connectivity index (χ1v) is 10.4. The van der Waals surface area contributed by atoms with Gasteiger partial charge in [0.15, 0.2) is 0 Å². The molecule has 0 saturated carbocycles. The maximum Gasteiger partial charge on any atom is 0.510 e. The molecule has 0 bridgehead atoms. The zero-order valence-corrected chi connectivity index (χ0v) is 17.7. The van der Waals surface area contributed by atoms with Gasteiger partial charge in [-0.2, -0.15) is 0 Å². The minimum atomic E-state index is -1.49. The van der Waals surface area contributed by atoms with Gasteiger partial charge < -0.3 is 24.2 Å². The first-order valence-electron chi connectivity index (χ1n) is 10.4. The number of carbonyl (C=O) groups is 1. The largest absolute Gasteiger partial charge is 0.510 e. The fourth-order valence-corrected chi connectivity index (χ4v) is 3.10. The summed E-state index contributed by atoms with van der Waals surface area (Å²) < 4.78 is 15.4. The molecule has 0 amide bonds. The third-order valence-corrected chi connectivity index (χ3v) is 4.93. The third-order valence-electron chi connectivity index (χ3n) is 4.93. The Balaban J connectivity index is 1.60. The second-order valence-corrected chi connectivity index (χ2v) is 7.52. The van der Waals surface area contributed by atoms with E-state index in [9.17, 15) is 4.79 Å². The van der Waals surface area contributed by atoms with Crippen LogP contribution in [0.1, 0.15) is 64.0 Å². The van der Waals surface area contributed by atoms with E-state index >= 15 is 0 Å². The van der Waals surface area contributed by atoms with Crippen LogP contribution in [0.25, 0.3) is 0 Å². The Morgan fingerprint density at radius 3 is 2.52 bits per heavy atom. The van der Waals surface area contributed by atoms with Crippen LogP contribution < -0.4 is 0 Å². The van der Waals surface area contributed by atoms with Crippen LogP contribution in [0.3, 0.4) is 0 Å². The average Bonchev–Trinajstić information content (AvgIpc) is 2.70. The van der Waals surface area contributed by atoms with Crippen LogP contribution in [0.2, 0.25) is 0 Å². The van der Waals surface area contributed by atoms with Crippen LogP contribution in [0, 0.1) is 5.92 Å². The summed E-state index contributed by atoms with van der Waals surface area (Å²) in [4.78, 5) is 16.1. The molecule has 1 aromatic carbocycles. The molecule has 1 fully saturated rings. The first-order chi connectivity index (χ1) is 13.9. The van der Waals surface area contributed by atoms with Gasteiger partial charge in [0.05, 0.1) is 18.9 Å². The molecule has 29 heavy (non-hydrogen) atoms. The Morgan fingerprint density at radius 1 is 1.21 bits per heavy atom. The molecule has 7 heteroatoms. The molecule has 0 unspecified atom stereocenters. The van der Waals surface area contributed by atoms with Gasteiger partial charge in [-0.05, 0) is 50.2 Å². The molecule has 0 aromatic heterocycles. The average molecular weight is 408 g/mol. The van der Waals surface area contributed by atoms with Gasteiger partial charge in [0.25, 0.3) is 0 Å². The van der Waals surface area contributed by atoms with E-state index in [-0.39, 0.29) is 5.92 Å². The maximum atomic E-state index is 10.6. The second-order valence-electron chi connectivity index (χ2n) is 7.52. The van der Waals surface area contributed by atoms with Gasteiger partial charge in [-0.1, -0.05) is 42.8 Å². The van der Waals surface area contributed by atoms with Crippen molar-refractivity contribution in [2.24, 2.45) is 11.1 Å². The molecule has 0 radical (unpaired) electrons. The highest BCUT2D eigenvalue weighted by molar-refractivity contribution is 5.98. The van der Waals surface area contributed by atoms with E-state index in [1.165, 1.54) is 25.3 Å². The maximum absolute atomic E-state index is 10.6. The summed E-state index contributed by atoms with van der Waals surface area (Å²) in [6.45, 7) is 7.00. The molecular formula is C22H33NO6. The number of oxime groups is 1. The molecule has 2 rings (SSSR count). The van der Waals surface area contributed by atoms with E-state index in [1.807, 2.05) is 6.92 Å².